The molecule has 3 N–H and O–H groups in total. The summed E-state index contributed by atoms with van der Waals surface area (Å²) in [6.07, 6.45) is 0.671. The highest BCUT2D eigenvalue weighted by molar-refractivity contribution is 6.01. The van der Waals surface area contributed by atoms with Gasteiger partial charge in [-0.05, 0) is 36.2 Å². The zero-order valence-corrected chi connectivity index (χ0v) is 15.2. The van der Waals surface area contributed by atoms with Crippen molar-refractivity contribution >= 4 is 17.3 Å². The summed E-state index contributed by atoms with van der Waals surface area (Å²) in [5, 5.41) is 3.14. The quantitative estimate of drug-likeness (QED) is 0.753. The summed E-state index contributed by atoms with van der Waals surface area (Å²) in [4.78, 5) is 14.6. The molecule has 0 spiro atoms. The first-order valence-corrected chi connectivity index (χ1v) is 9.13. The van der Waals surface area contributed by atoms with Crippen LogP contribution in [-0.2, 0) is 4.79 Å². The Morgan fingerprint density at radius 1 is 1.15 bits per heavy atom. The Labute approximate surface area is 157 Å². The number of nitrogens with one attached hydrogen (secondary N) is 3. The maximum atomic E-state index is 13.9. The Morgan fingerprint density at radius 2 is 1.89 bits per heavy atom. The van der Waals surface area contributed by atoms with Gasteiger partial charge in [0.25, 0.3) is 0 Å². The van der Waals surface area contributed by atoms with Gasteiger partial charge in [-0.2, -0.15) is 0 Å². The number of amides is 1. The van der Waals surface area contributed by atoms with E-state index in [0.717, 1.165) is 18.8 Å². The molecule has 2 aliphatic rings. The Kier molecular flexibility index (Phi) is 4.96. The van der Waals surface area contributed by atoms with Crippen molar-refractivity contribution in [3.8, 4) is 5.75 Å². The van der Waals surface area contributed by atoms with Gasteiger partial charge < -0.3 is 15.0 Å². The first-order chi connectivity index (χ1) is 13.2. The molecule has 6 nitrogen and oxygen atoms in total. The number of carbonyl (C=O) groups is 1. The second-order valence-corrected chi connectivity index (χ2v) is 6.88. The summed E-state index contributed by atoms with van der Waals surface area (Å²) in [6, 6.07) is 12.4. The number of methoxy groups -OCH3 is 1. The van der Waals surface area contributed by atoms with E-state index in [0.29, 0.717) is 24.6 Å². The molecule has 0 bridgehead atoms. The number of hydrogen-bond acceptors (Lipinski definition) is 5. The molecule has 1 unspecified atom stereocenters. The van der Waals surface area contributed by atoms with Crippen LogP contribution in [0.5, 0.6) is 5.75 Å². The fourth-order valence-electron chi connectivity index (χ4n) is 3.65. The molecule has 2 heterocycles. The van der Waals surface area contributed by atoms with Crippen molar-refractivity contribution in [3.05, 3.63) is 53.8 Å². The van der Waals surface area contributed by atoms with E-state index in [1.54, 1.807) is 17.0 Å². The van der Waals surface area contributed by atoms with Crippen LogP contribution in [0.25, 0.3) is 0 Å². The van der Waals surface area contributed by atoms with Crippen molar-refractivity contribution in [2.45, 2.75) is 18.4 Å². The normalized spacial score (nSPS) is 20.3. The van der Waals surface area contributed by atoms with Crippen LogP contribution >= 0.6 is 0 Å². The van der Waals surface area contributed by atoms with Crippen molar-refractivity contribution in [2.75, 3.05) is 37.0 Å². The van der Waals surface area contributed by atoms with Crippen molar-refractivity contribution < 1.29 is 13.9 Å². The number of rotatable bonds is 5. The van der Waals surface area contributed by atoms with E-state index < -0.39 is 5.82 Å². The third-order valence-electron chi connectivity index (χ3n) is 5.20. The van der Waals surface area contributed by atoms with Crippen molar-refractivity contribution in [1.29, 1.82) is 0 Å². The number of anilines is 2. The molecule has 2 saturated heterocycles. The zero-order valence-electron chi connectivity index (χ0n) is 15.2. The van der Waals surface area contributed by atoms with Crippen LogP contribution in [-0.4, -0.2) is 38.7 Å². The van der Waals surface area contributed by atoms with Gasteiger partial charge in [-0.15, -0.1) is 0 Å². The predicted octanol–water partition coefficient (Wildman–Crippen LogP) is 2.24. The summed E-state index contributed by atoms with van der Waals surface area (Å²) in [5.41, 5.74) is 8.99. The lowest BCUT2D eigenvalue weighted by molar-refractivity contribution is -0.117. The highest BCUT2D eigenvalue weighted by Crippen LogP contribution is 2.27. The Hall–Kier alpha value is -2.64. The molecular formula is C20H23FN4O2. The van der Waals surface area contributed by atoms with E-state index in [2.05, 4.69) is 28.3 Å². The second kappa shape index (κ2) is 7.54. The van der Waals surface area contributed by atoms with Crippen molar-refractivity contribution in [3.63, 3.8) is 0 Å². The molecule has 142 valence electrons. The highest BCUT2D eigenvalue weighted by Gasteiger charge is 2.32. The van der Waals surface area contributed by atoms with E-state index in [1.807, 2.05) is 12.1 Å². The predicted molar refractivity (Wildman–Crippen MR) is 103 cm³/mol. The molecule has 2 aromatic rings. The largest absolute Gasteiger partial charge is 0.494 e. The molecule has 4 rings (SSSR count). The fourth-order valence-corrected chi connectivity index (χ4v) is 3.65. The Bertz CT molecular complexity index is 821. The number of nitrogens with zero attached hydrogens (tertiary/aromatic N) is 1. The molecule has 2 aromatic carbocycles. The minimum absolute atomic E-state index is 0.00294. The van der Waals surface area contributed by atoms with Crippen LogP contribution in [0.4, 0.5) is 15.8 Å². The van der Waals surface area contributed by atoms with Gasteiger partial charge in [-0.3, -0.25) is 15.6 Å². The van der Waals surface area contributed by atoms with E-state index in [-0.39, 0.29) is 17.7 Å². The van der Waals surface area contributed by atoms with Crippen molar-refractivity contribution in [1.82, 2.24) is 10.9 Å². The number of carbonyl (C=O) groups excluding carboxylic acids is 1. The third-order valence-corrected chi connectivity index (χ3v) is 5.20. The van der Waals surface area contributed by atoms with Crippen molar-refractivity contribution in [2.24, 2.45) is 0 Å². The number of halogens is 1. The summed E-state index contributed by atoms with van der Waals surface area (Å²) >= 11 is 0. The van der Waals surface area contributed by atoms with Gasteiger partial charge in [0, 0.05) is 43.0 Å². The van der Waals surface area contributed by atoms with Crippen LogP contribution in [0, 0.1) is 5.82 Å². The van der Waals surface area contributed by atoms with Crippen LogP contribution in [0.1, 0.15) is 17.9 Å². The second-order valence-electron chi connectivity index (χ2n) is 6.88. The summed E-state index contributed by atoms with van der Waals surface area (Å²) in [6.45, 7) is 2.46. The lowest BCUT2D eigenvalue weighted by atomic mass is 10.00. The van der Waals surface area contributed by atoms with Gasteiger partial charge in [0.05, 0.1) is 7.11 Å². The number of hydrogen-bond donors (Lipinski definition) is 3. The highest BCUT2D eigenvalue weighted by atomic mass is 19.1. The van der Waals surface area contributed by atoms with Crippen LogP contribution in [0.2, 0.25) is 0 Å². The van der Waals surface area contributed by atoms with E-state index in [9.17, 15) is 9.18 Å². The number of benzene rings is 2. The van der Waals surface area contributed by atoms with E-state index in [1.165, 1.54) is 18.7 Å². The summed E-state index contributed by atoms with van der Waals surface area (Å²) in [5.74, 6) is 0.194. The van der Waals surface area contributed by atoms with Gasteiger partial charge in [-0.25, -0.2) is 4.39 Å². The molecule has 27 heavy (non-hydrogen) atoms. The smallest absolute Gasteiger partial charge is 0.249 e. The van der Waals surface area contributed by atoms with Gasteiger partial charge in [-0.1, -0.05) is 12.1 Å². The molecule has 7 heteroatoms. The summed E-state index contributed by atoms with van der Waals surface area (Å²) < 4.78 is 18.8. The topological polar surface area (TPSA) is 65.6 Å². The van der Waals surface area contributed by atoms with Gasteiger partial charge in [0.15, 0.2) is 11.6 Å². The molecule has 2 aliphatic heterocycles. The maximum absolute atomic E-state index is 13.9. The standard InChI is InChI=1S/C20H23FN4O2/c1-27-19-7-4-15(10-17(19)21)24-18-8-9-25(20(18)26)16-5-2-13(3-6-16)14-11-22-23-12-14/h2-7,10,14,18,22-24H,8-9,11-12H2,1H3. The van der Waals surface area contributed by atoms with Gasteiger partial charge >= 0.3 is 0 Å². The third kappa shape index (κ3) is 3.61. The van der Waals surface area contributed by atoms with Crippen LogP contribution < -0.4 is 25.8 Å². The molecule has 1 atom stereocenters. The lowest BCUT2D eigenvalue weighted by Crippen LogP contribution is -2.33. The molecule has 0 radical (unpaired) electrons. The molecule has 0 aliphatic carbocycles. The first-order valence-electron chi connectivity index (χ1n) is 9.13. The lowest BCUT2D eigenvalue weighted by Gasteiger charge is -2.19. The molecule has 0 saturated carbocycles. The number of hydrazine groups is 1. The minimum atomic E-state index is -0.448. The van der Waals surface area contributed by atoms with E-state index in [4.69, 9.17) is 4.74 Å². The fraction of sp³-hybridized carbons (Fsp3) is 0.350. The first kappa shape index (κ1) is 17.8. The van der Waals surface area contributed by atoms with Gasteiger partial charge in [0.1, 0.15) is 6.04 Å². The Morgan fingerprint density at radius 3 is 2.56 bits per heavy atom. The molecular weight excluding hydrogens is 347 g/mol. The minimum Gasteiger partial charge on any atom is -0.494 e. The molecule has 1 amide bonds. The monoisotopic (exact) mass is 370 g/mol. The molecule has 2 fully saturated rings. The average molecular weight is 370 g/mol. The van der Waals surface area contributed by atoms with E-state index >= 15 is 0 Å². The van der Waals surface area contributed by atoms with Crippen LogP contribution in [0.3, 0.4) is 0 Å². The maximum Gasteiger partial charge on any atom is 0.249 e. The van der Waals surface area contributed by atoms with Gasteiger partial charge in [0.2, 0.25) is 5.91 Å². The van der Waals surface area contributed by atoms with Crippen LogP contribution in [0.15, 0.2) is 42.5 Å². The summed E-state index contributed by atoms with van der Waals surface area (Å²) in [7, 11) is 1.43. The zero-order chi connectivity index (χ0) is 18.8. The SMILES string of the molecule is COc1ccc(NC2CCN(c3ccc(C4CNNC4)cc3)C2=O)cc1F. The molecule has 0 aromatic heterocycles. The Balaban J connectivity index is 1.43. The number of ether oxygens (including phenoxy) is 1. The average Bonchev–Trinajstić information content (AvgIpc) is 3.33.